The summed E-state index contributed by atoms with van der Waals surface area (Å²) in [5.41, 5.74) is 2.54. The number of amides is 2. The molecule has 1 saturated heterocycles. The number of aliphatic hydroxyl groups excluding tert-OH is 1. The molecular weight excluding hydrogens is 382 g/mol. The summed E-state index contributed by atoms with van der Waals surface area (Å²) in [6.07, 6.45) is 1.41. The standard InChI is InChI=1S/C23H29N3O4/c1-16-4-7-18(8-5-16)24-23(28)25-19(15-26-10-2-3-11-26)22(27)17-6-9-20-21(14-17)30-13-12-29-20/h4-9,14,19,22,27H,2-3,10-13,15H2,1H3,(H2,24,25,28). The summed E-state index contributed by atoms with van der Waals surface area (Å²) in [5, 5.41) is 17.0. The first-order valence-corrected chi connectivity index (χ1v) is 10.5. The Morgan fingerprint density at radius 1 is 1.07 bits per heavy atom. The fourth-order valence-corrected chi connectivity index (χ4v) is 3.92. The molecule has 2 atom stereocenters. The molecule has 2 aromatic carbocycles. The SMILES string of the molecule is Cc1ccc(NC(=O)NC(CN2CCCC2)C(O)c2ccc3c(c2)OCCO3)cc1. The number of hydrogen-bond acceptors (Lipinski definition) is 5. The van der Waals surface area contributed by atoms with E-state index in [1.807, 2.05) is 43.3 Å². The summed E-state index contributed by atoms with van der Waals surface area (Å²) in [6.45, 7) is 5.54. The zero-order chi connectivity index (χ0) is 20.9. The Labute approximate surface area is 177 Å². The summed E-state index contributed by atoms with van der Waals surface area (Å²) < 4.78 is 11.2. The highest BCUT2D eigenvalue weighted by Crippen LogP contribution is 2.33. The smallest absolute Gasteiger partial charge is 0.319 e. The molecule has 0 saturated carbocycles. The monoisotopic (exact) mass is 411 g/mol. The molecule has 2 amide bonds. The predicted octanol–water partition coefficient (Wildman–Crippen LogP) is 3.09. The van der Waals surface area contributed by atoms with Crippen molar-refractivity contribution >= 4 is 11.7 Å². The summed E-state index contributed by atoms with van der Waals surface area (Å²) >= 11 is 0. The predicted molar refractivity (Wildman–Crippen MR) is 115 cm³/mol. The van der Waals surface area contributed by atoms with E-state index in [9.17, 15) is 9.90 Å². The molecule has 0 aromatic heterocycles. The highest BCUT2D eigenvalue weighted by atomic mass is 16.6. The Kier molecular flexibility index (Phi) is 6.40. The van der Waals surface area contributed by atoms with Gasteiger partial charge in [-0.1, -0.05) is 23.8 Å². The number of carbonyl (C=O) groups excluding carboxylic acids is 1. The Morgan fingerprint density at radius 2 is 1.77 bits per heavy atom. The van der Waals surface area contributed by atoms with Crippen LogP contribution in [0.4, 0.5) is 10.5 Å². The molecule has 160 valence electrons. The summed E-state index contributed by atoms with van der Waals surface area (Å²) in [5.74, 6) is 1.31. The number of ether oxygens (including phenoxy) is 2. The molecule has 2 aliphatic heterocycles. The molecule has 0 radical (unpaired) electrons. The van der Waals surface area contributed by atoms with Gasteiger partial charge in [0.1, 0.15) is 19.3 Å². The van der Waals surface area contributed by atoms with Crippen molar-refractivity contribution in [3.63, 3.8) is 0 Å². The Balaban J connectivity index is 1.48. The highest BCUT2D eigenvalue weighted by molar-refractivity contribution is 5.89. The van der Waals surface area contributed by atoms with E-state index >= 15 is 0 Å². The van der Waals surface area contributed by atoms with Crippen LogP contribution in [0.1, 0.15) is 30.1 Å². The Hall–Kier alpha value is -2.77. The highest BCUT2D eigenvalue weighted by Gasteiger charge is 2.28. The van der Waals surface area contributed by atoms with Gasteiger partial charge in [-0.05, 0) is 62.7 Å². The number of hydrogen-bond donors (Lipinski definition) is 3. The van der Waals surface area contributed by atoms with Gasteiger partial charge < -0.3 is 30.1 Å². The number of aliphatic hydroxyl groups is 1. The molecule has 0 spiro atoms. The number of likely N-dealkylation sites (tertiary alicyclic amines) is 1. The average molecular weight is 412 g/mol. The van der Waals surface area contributed by atoms with Crippen LogP contribution >= 0.6 is 0 Å². The van der Waals surface area contributed by atoms with Crippen molar-refractivity contribution in [2.45, 2.75) is 31.9 Å². The van der Waals surface area contributed by atoms with Crippen molar-refractivity contribution in [1.82, 2.24) is 10.2 Å². The van der Waals surface area contributed by atoms with Crippen LogP contribution in [0.2, 0.25) is 0 Å². The number of carbonyl (C=O) groups is 1. The first kappa shape index (κ1) is 20.5. The van der Waals surface area contributed by atoms with E-state index in [-0.39, 0.29) is 6.03 Å². The van der Waals surface area contributed by atoms with Gasteiger partial charge in [-0.15, -0.1) is 0 Å². The zero-order valence-electron chi connectivity index (χ0n) is 17.3. The van der Waals surface area contributed by atoms with Crippen LogP contribution in [0.25, 0.3) is 0 Å². The molecule has 0 bridgehead atoms. The quantitative estimate of drug-likeness (QED) is 0.680. The van der Waals surface area contributed by atoms with Crippen LogP contribution in [-0.2, 0) is 0 Å². The molecule has 2 aromatic rings. The molecule has 2 heterocycles. The van der Waals surface area contributed by atoms with Gasteiger partial charge in [0.25, 0.3) is 0 Å². The van der Waals surface area contributed by atoms with Gasteiger partial charge in [0.15, 0.2) is 11.5 Å². The van der Waals surface area contributed by atoms with Gasteiger partial charge in [0.05, 0.1) is 6.04 Å². The molecule has 2 aliphatic rings. The van der Waals surface area contributed by atoms with Crippen molar-refractivity contribution in [2.24, 2.45) is 0 Å². The fourth-order valence-electron chi connectivity index (χ4n) is 3.92. The number of nitrogens with one attached hydrogen (secondary N) is 2. The van der Waals surface area contributed by atoms with Crippen molar-refractivity contribution in [3.8, 4) is 11.5 Å². The zero-order valence-corrected chi connectivity index (χ0v) is 17.3. The van der Waals surface area contributed by atoms with Gasteiger partial charge in [-0.3, -0.25) is 0 Å². The van der Waals surface area contributed by atoms with Crippen LogP contribution < -0.4 is 20.1 Å². The van der Waals surface area contributed by atoms with Crippen LogP contribution in [0, 0.1) is 6.92 Å². The topological polar surface area (TPSA) is 83.1 Å². The number of fused-ring (bicyclic) bond motifs is 1. The molecule has 30 heavy (non-hydrogen) atoms. The minimum Gasteiger partial charge on any atom is -0.486 e. The third-order valence-electron chi connectivity index (χ3n) is 5.57. The molecule has 4 rings (SSSR count). The molecule has 3 N–H and O–H groups in total. The molecule has 7 heteroatoms. The lowest BCUT2D eigenvalue weighted by atomic mass is 10.0. The number of benzene rings is 2. The number of aryl methyl sites for hydroxylation is 1. The van der Waals surface area contributed by atoms with E-state index in [2.05, 4.69) is 15.5 Å². The van der Waals surface area contributed by atoms with Crippen molar-refractivity contribution in [1.29, 1.82) is 0 Å². The van der Waals surface area contributed by atoms with Crippen LogP contribution in [0.15, 0.2) is 42.5 Å². The fraction of sp³-hybridized carbons (Fsp3) is 0.435. The molecular formula is C23H29N3O4. The van der Waals surface area contributed by atoms with Gasteiger partial charge in [0.2, 0.25) is 0 Å². The first-order chi connectivity index (χ1) is 14.6. The van der Waals surface area contributed by atoms with E-state index in [0.717, 1.165) is 31.5 Å². The molecule has 2 unspecified atom stereocenters. The third kappa shape index (κ3) is 5.04. The third-order valence-corrected chi connectivity index (χ3v) is 5.57. The van der Waals surface area contributed by atoms with E-state index in [0.29, 0.717) is 42.5 Å². The largest absolute Gasteiger partial charge is 0.486 e. The number of urea groups is 1. The van der Waals surface area contributed by atoms with Gasteiger partial charge >= 0.3 is 6.03 Å². The van der Waals surface area contributed by atoms with E-state index < -0.39 is 12.1 Å². The maximum Gasteiger partial charge on any atom is 0.319 e. The maximum absolute atomic E-state index is 12.7. The second kappa shape index (κ2) is 9.36. The van der Waals surface area contributed by atoms with Crippen molar-refractivity contribution in [3.05, 3.63) is 53.6 Å². The van der Waals surface area contributed by atoms with E-state index in [1.54, 1.807) is 6.07 Å². The Morgan fingerprint density at radius 3 is 2.50 bits per heavy atom. The average Bonchev–Trinajstić information content (AvgIpc) is 3.27. The Bertz CT molecular complexity index is 865. The second-order valence-corrected chi connectivity index (χ2v) is 7.93. The second-order valence-electron chi connectivity index (χ2n) is 7.93. The summed E-state index contributed by atoms with van der Waals surface area (Å²) in [6, 6.07) is 12.3. The van der Waals surface area contributed by atoms with Gasteiger partial charge in [0, 0.05) is 12.2 Å². The molecule has 1 fully saturated rings. The summed E-state index contributed by atoms with van der Waals surface area (Å²) in [4.78, 5) is 14.9. The van der Waals surface area contributed by atoms with E-state index in [1.165, 1.54) is 0 Å². The minimum absolute atomic E-state index is 0.334. The minimum atomic E-state index is -0.870. The number of rotatable bonds is 6. The lowest BCUT2D eigenvalue weighted by molar-refractivity contribution is 0.110. The normalized spacial score (nSPS) is 17.9. The number of nitrogens with zero attached hydrogens (tertiary/aromatic N) is 1. The van der Waals surface area contributed by atoms with E-state index in [4.69, 9.17) is 9.47 Å². The van der Waals surface area contributed by atoms with Crippen LogP contribution in [-0.4, -0.2) is 54.9 Å². The van der Waals surface area contributed by atoms with Gasteiger partial charge in [-0.2, -0.15) is 0 Å². The summed E-state index contributed by atoms with van der Waals surface area (Å²) in [7, 11) is 0. The first-order valence-electron chi connectivity index (χ1n) is 10.5. The molecule has 7 nitrogen and oxygen atoms in total. The van der Waals surface area contributed by atoms with Gasteiger partial charge in [-0.25, -0.2) is 4.79 Å². The van der Waals surface area contributed by atoms with Crippen LogP contribution in [0.3, 0.4) is 0 Å². The number of anilines is 1. The molecule has 0 aliphatic carbocycles. The van der Waals surface area contributed by atoms with Crippen LogP contribution in [0.5, 0.6) is 11.5 Å². The lowest BCUT2D eigenvalue weighted by Crippen LogP contribution is -2.48. The van der Waals surface area contributed by atoms with Crippen molar-refractivity contribution in [2.75, 3.05) is 38.2 Å². The van der Waals surface area contributed by atoms with Crippen molar-refractivity contribution < 1.29 is 19.4 Å². The lowest BCUT2D eigenvalue weighted by Gasteiger charge is -2.29. The maximum atomic E-state index is 12.7.